The fourth-order valence-electron chi connectivity index (χ4n) is 12.4. The summed E-state index contributed by atoms with van der Waals surface area (Å²) in [7, 11) is 1.58. The number of hydrogen-bond donors (Lipinski definition) is 0. The van der Waals surface area contributed by atoms with Gasteiger partial charge in [0.05, 0.1) is 12.5 Å². The highest BCUT2D eigenvalue weighted by atomic mass is 35.5. The predicted octanol–water partition coefficient (Wildman–Crippen LogP) is 9.73. The van der Waals surface area contributed by atoms with Gasteiger partial charge in [-0.3, -0.25) is 9.59 Å². The molecule has 0 radical (unpaired) electrons. The zero-order chi connectivity index (χ0) is 30.5. The number of rotatable bonds is 3. The van der Waals surface area contributed by atoms with Crippen LogP contribution in [0.5, 0.6) is 0 Å². The molecule has 0 bridgehead atoms. The minimum Gasteiger partial charge on any atom is -0.469 e. The summed E-state index contributed by atoms with van der Waals surface area (Å²) in [5.74, 6) is 2.42. The molecule has 0 amide bonds. The first-order chi connectivity index (χ1) is 19.7. The summed E-state index contributed by atoms with van der Waals surface area (Å²) in [6.45, 7) is 18.8. The molecule has 1 aromatic rings. The third-order valence-corrected chi connectivity index (χ3v) is 14.7. The van der Waals surface area contributed by atoms with Crippen molar-refractivity contribution in [3.63, 3.8) is 0 Å². The Hall–Kier alpha value is -1.87. The Bertz CT molecular complexity index is 1340. The van der Waals surface area contributed by atoms with Gasteiger partial charge in [-0.25, -0.2) is 0 Å². The Labute approximate surface area is 258 Å². The Kier molecular flexibility index (Phi) is 7.05. The standard InChI is InChI=1S/C38H51ClO3/c1-23(2)27-15-18-38(33(41)42-8)20-19-36(6)28(31(27)38)13-14-30-35(5)22-25(21-24-9-11-26(39)12-10-24)32(40)34(3,4)29(35)16-17-37(30,36)7/h9-12,21,27-31H,1,13-20,22H2,2-8H3/b25-21-/t27-,28+,29+,30+,31-,35-,36+,37+,38-/m0/s1. The number of benzene rings is 1. The molecule has 5 aliphatic rings. The SMILES string of the molecule is C=C(C)[C@@H]1CC[C@]2(C(=O)OC)CC[C@]3(C)[C@H](CC[C@@H]4[C@@]5(C)C/C(=C/c6ccc(Cl)cc6)C(=O)C(C)(C)[C@H]5CC[C@]43C)[C@H]12. The highest BCUT2D eigenvalue weighted by Gasteiger charge is 2.72. The van der Waals surface area contributed by atoms with Crippen molar-refractivity contribution in [1.82, 2.24) is 0 Å². The van der Waals surface area contributed by atoms with Crippen molar-refractivity contribution in [1.29, 1.82) is 0 Å². The summed E-state index contributed by atoms with van der Waals surface area (Å²) < 4.78 is 5.54. The van der Waals surface area contributed by atoms with E-state index in [-0.39, 0.29) is 27.6 Å². The van der Waals surface area contributed by atoms with E-state index in [1.165, 1.54) is 12.0 Å². The zero-order valence-electron chi connectivity index (χ0n) is 26.9. The van der Waals surface area contributed by atoms with Gasteiger partial charge in [0.25, 0.3) is 0 Å². The molecule has 228 valence electrons. The summed E-state index contributed by atoms with van der Waals surface area (Å²) in [5.41, 5.74) is 2.83. The lowest BCUT2D eigenvalue weighted by atomic mass is 9.32. The average Bonchev–Trinajstić information content (AvgIpc) is 3.34. The molecule has 5 saturated carbocycles. The van der Waals surface area contributed by atoms with Gasteiger partial charge in [-0.2, -0.15) is 0 Å². The number of halogens is 1. The zero-order valence-corrected chi connectivity index (χ0v) is 27.7. The Balaban J connectivity index is 1.41. The van der Waals surface area contributed by atoms with Gasteiger partial charge in [-0.05, 0) is 140 Å². The molecule has 0 heterocycles. The van der Waals surface area contributed by atoms with Crippen LogP contribution in [0.15, 0.2) is 42.0 Å². The number of ether oxygens (including phenoxy) is 1. The third-order valence-electron chi connectivity index (χ3n) is 14.5. The fourth-order valence-corrected chi connectivity index (χ4v) is 12.6. The molecule has 42 heavy (non-hydrogen) atoms. The van der Waals surface area contributed by atoms with Crippen LogP contribution in [0.2, 0.25) is 5.02 Å². The Morgan fingerprint density at radius 1 is 0.929 bits per heavy atom. The highest BCUT2D eigenvalue weighted by Crippen LogP contribution is 2.77. The average molecular weight is 591 g/mol. The normalized spacial score (nSPS) is 44.9. The van der Waals surface area contributed by atoms with Crippen molar-refractivity contribution in [2.24, 2.45) is 56.7 Å². The first kappa shape index (κ1) is 30.2. The first-order valence-corrected chi connectivity index (χ1v) is 16.8. The minimum atomic E-state index is -0.395. The number of Topliss-reactive ketones (excluding diaryl/α,β-unsaturated/α-hetero) is 1. The summed E-state index contributed by atoms with van der Waals surface area (Å²) in [4.78, 5) is 27.6. The lowest BCUT2D eigenvalue weighted by molar-refractivity contribution is -0.232. The number of ketones is 1. The maximum atomic E-state index is 14.1. The van der Waals surface area contributed by atoms with Crippen molar-refractivity contribution >= 4 is 29.4 Å². The van der Waals surface area contributed by atoms with Crippen molar-refractivity contribution < 1.29 is 14.3 Å². The molecule has 5 fully saturated rings. The highest BCUT2D eigenvalue weighted by molar-refractivity contribution is 6.30. The van der Waals surface area contributed by atoms with Gasteiger partial charge in [-0.1, -0.05) is 70.5 Å². The summed E-state index contributed by atoms with van der Waals surface area (Å²) in [5, 5.41) is 0.715. The van der Waals surface area contributed by atoms with E-state index >= 15 is 0 Å². The molecule has 5 aliphatic carbocycles. The van der Waals surface area contributed by atoms with Crippen LogP contribution in [-0.2, 0) is 14.3 Å². The largest absolute Gasteiger partial charge is 0.469 e. The monoisotopic (exact) mass is 590 g/mol. The summed E-state index contributed by atoms with van der Waals surface area (Å²) in [6, 6.07) is 7.87. The smallest absolute Gasteiger partial charge is 0.312 e. The molecule has 0 aliphatic heterocycles. The molecule has 0 saturated heterocycles. The topological polar surface area (TPSA) is 43.4 Å². The Morgan fingerprint density at radius 3 is 2.26 bits per heavy atom. The number of methoxy groups -OCH3 is 1. The Morgan fingerprint density at radius 2 is 1.62 bits per heavy atom. The van der Waals surface area contributed by atoms with Gasteiger partial charge in [0, 0.05) is 10.4 Å². The van der Waals surface area contributed by atoms with E-state index in [4.69, 9.17) is 16.3 Å². The number of carbonyl (C=O) groups is 2. The fraction of sp³-hybridized carbons (Fsp3) is 0.684. The molecule has 0 N–H and O–H groups in total. The second-order valence-electron chi connectivity index (χ2n) is 16.3. The van der Waals surface area contributed by atoms with E-state index in [1.54, 1.807) is 7.11 Å². The van der Waals surface area contributed by atoms with Gasteiger partial charge in [0.2, 0.25) is 0 Å². The van der Waals surface area contributed by atoms with Crippen LogP contribution in [0.25, 0.3) is 6.08 Å². The third kappa shape index (κ3) is 3.90. The number of carbonyl (C=O) groups excluding carboxylic acids is 2. The van der Waals surface area contributed by atoms with Gasteiger partial charge < -0.3 is 4.74 Å². The quantitative estimate of drug-likeness (QED) is 0.200. The van der Waals surface area contributed by atoms with Crippen LogP contribution in [0.3, 0.4) is 0 Å². The molecular weight excluding hydrogens is 540 g/mol. The maximum absolute atomic E-state index is 14.1. The maximum Gasteiger partial charge on any atom is 0.312 e. The molecular formula is C38H51ClO3. The van der Waals surface area contributed by atoms with E-state index in [0.29, 0.717) is 40.4 Å². The van der Waals surface area contributed by atoms with Crippen LogP contribution in [0.4, 0.5) is 0 Å². The van der Waals surface area contributed by atoms with E-state index in [2.05, 4.69) is 54.2 Å². The van der Waals surface area contributed by atoms with E-state index in [1.807, 2.05) is 24.3 Å². The van der Waals surface area contributed by atoms with Crippen LogP contribution < -0.4 is 0 Å². The van der Waals surface area contributed by atoms with Crippen LogP contribution >= 0.6 is 11.6 Å². The van der Waals surface area contributed by atoms with E-state index in [0.717, 1.165) is 62.5 Å². The number of hydrogen-bond acceptors (Lipinski definition) is 3. The van der Waals surface area contributed by atoms with Crippen LogP contribution in [0, 0.1) is 56.7 Å². The van der Waals surface area contributed by atoms with Crippen LogP contribution in [-0.4, -0.2) is 18.9 Å². The molecule has 3 nitrogen and oxygen atoms in total. The van der Waals surface area contributed by atoms with Gasteiger partial charge in [0.1, 0.15) is 0 Å². The second-order valence-corrected chi connectivity index (χ2v) is 16.7. The molecule has 6 rings (SSSR count). The van der Waals surface area contributed by atoms with Crippen molar-refractivity contribution in [2.45, 2.75) is 99.3 Å². The summed E-state index contributed by atoms with van der Waals surface area (Å²) in [6.07, 6.45) is 11.5. The van der Waals surface area contributed by atoms with Crippen molar-refractivity contribution in [3.8, 4) is 0 Å². The molecule has 0 spiro atoms. The molecule has 9 atom stereocenters. The first-order valence-electron chi connectivity index (χ1n) is 16.4. The van der Waals surface area contributed by atoms with E-state index < -0.39 is 5.41 Å². The number of allylic oxidation sites excluding steroid dienone is 2. The number of esters is 1. The number of fused-ring (bicyclic) bond motifs is 7. The van der Waals surface area contributed by atoms with Gasteiger partial charge >= 0.3 is 5.97 Å². The predicted molar refractivity (Wildman–Crippen MR) is 171 cm³/mol. The molecule has 0 aromatic heterocycles. The van der Waals surface area contributed by atoms with Crippen molar-refractivity contribution in [2.75, 3.05) is 7.11 Å². The van der Waals surface area contributed by atoms with Gasteiger partial charge in [-0.15, -0.1) is 0 Å². The molecule has 1 aromatic carbocycles. The van der Waals surface area contributed by atoms with Crippen molar-refractivity contribution in [3.05, 3.63) is 52.6 Å². The minimum absolute atomic E-state index is 0.0192. The summed E-state index contributed by atoms with van der Waals surface area (Å²) >= 11 is 6.18. The molecule has 0 unspecified atom stereocenters. The van der Waals surface area contributed by atoms with Crippen LogP contribution in [0.1, 0.15) is 105 Å². The van der Waals surface area contributed by atoms with E-state index in [9.17, 15) is 9.59 Å². The van der Waals surface area contributed by atoms with Gasteiger partial charge in [0.15, 0.2) is 5.78 Å². The lowest BCUT2D eigenvalue weighted by Crippen LogP contribution is -2.67. The lowest BCUT2D eigenvalue weighted by Gasteiger charge is -2.72. The molecule has 4 heteroatoms. The second kappa shape index (κ2) is 9.82.